The molecule has 118 valence electrons. The predicted molar refractivity (Wildman–Crippen MR) is 93.0 cm³/mol. The van der Waals surface area contributed by atoms with E-state index >= 15 is 0 Å². The normalized spacial score (nSPS) is 25.2. The molecule has 1 nitrogen and oxygen atoms in total. The van der Waals surface area contributed by atoms with Crippen LogP contribution in [0.2, 0.25) is 0 Å². The van der Waals surface area contributed by atoms with Gasteiger partial charge in [0, 0.05) is 19.6 Å². The topological polar surface area (TPSA) is 3.24 Å². The molecule has 1 heterocycles. The zero-order chi connectivity index (χ0) is 15.4. The maximum absolute atomic E-state index is 6.65. The Bertz CT molecular complexity index is 416. The van der Waals surface area contributed by atoms with Gasteiger partial charge < -0.3 is 4.90 Å². The molecule has 0 aliphatic carbocycles. The molecular formula is C19H30ClN. The Morgan fingerprint density at radius 1 is 1.10 bits per heavy atom. The van der Waals surface area contributed by atoms with E-state index < -0.39 is 0 Å². The molecule has 1 aromatic rings. The zero-order valence-electron chi connectivity index (χ0n) is 14.0. The average molecular weight is 308 g/mol. The van der Waals surface area contributed by atoms with Gasteiger partial charge in [0.25, 0.3) is 0 Å². The summed E-state index contributed by atoms with van der Waals surface area (Å²) in [5.74, 6) is 2.30. The number of hydrogen-bond acceptors (Lipinski definition) is 1. The van der Waals surface area contributed by atoms with E-state index in [1.54, 1.807) is 0 Å². The molecule has 0 saturated carbocycles. The molecule has 21 heavy (non-hydrogen) atoms. The van der Waals surface area contributed by atoms with Gasteiger partial charge in [0.15, 0.2) is 0 Å². The van der Waals surface area contributed by atoms with Gasteiger partial charge in [0.05, 0.1) is 5.38 Å². The largest absolute Gasteiger partial charge is 0.301 e. The van der Waals surface area contributed by atoms with Crippen LogP contribution >= 0.6 is 11.6 Å². The first-order chi connectivity index (χ1) is 9.94. The van der Waals surface area contributed by atoms with E-state index in [0.717, 1.165) is 24.8 Å². The standard InChI is InChI=1S/C19H30ClN/c1-14(2)9-17-5-7-18(8-6-17)19(20)13-21-11-15(3)10-16(4)12-21/h5-8,14-16,19H,9-13H2,1-4H3. The minimum Gasteiger partial charge on any atom is -0.301 e. The van der Waals surface area contributed by atoms with Gasteiger partial charge in [-0.15, -0.1) is 11.6 Å². The molecule has 1 saturated heterocycles. The van der Waals surface area contributed by atoms with Crippen LogP contribution in [0, 0.1) is 17.8 Å². The van der Waals surface area contributed by atoms with Gasteiger partial charge in [-0.25, -0.2) is 0 Å². The first-order valence-corrected chi connectivity index (χ1v) is 8.83. The molecule has 3 unspecified atom stereocenters. The van der Waals surface area contributed by atoms with Crippen molar-refractivity contribution in [3.63, 3.8) is 0 Å². The quantitative estimate of drug-likeness (QED) is 0.681. The van der Waals surface area contributed by atoms with Gasteiger partial charge in [0.1, 0.15) is 0 Å². The fourth-order valence-electron chi connectivity index (χ4n) is 3.61. The van der Waals surface area contributed by atoms with Crippen LogP contribution in [-0.4, -0.2) is 24.5 Å². The molecule has 1 aromatic carbocycles. The van der Waals surface area contributed by atoms with Crippen molar-refractivity contribution < 1.29 is 0 Å². The van der Waals surface area contributed by atoms with Gasteiger partial charge in [-0.05, 0) is 41.7 Å². The molecule has 0 amide bonds. The van der Waals surface area contributed by atoms with Crippen LogP contribution in [0.3, 0.4) is 0 Å². The number of benzene rings is 1. The summed E-state index contributed by atoms with van der Waals surface area (Å²) in [5, 5.41) is 0.107. The SMILES string of the molecule is CC(C)Cc1ccc(C(Cl)CN2CC(C)CC(C)C2)cc1. The summed E-state index contributed by atoms with van der Waals surface area (Å²) in [6.07, 6.45) is 2.50. The predicted octanol–water partition coefficient (Wildman–Crippen LogP) is 5.14. The highest BCUT2D eigenvalue weighted by molar-refractivity contribution is 6.21. The van der Waals surface area contributed by atoms with E-state index in [0.29, 0.717) is 5.92 Å². The monoisotopic (exact) mass is 307 g/mol. The molecular weight excluding hydrogens is 278 g/mol. The van der Waals surface area contributed by atoms with Gasteiger partial charge in [-0.3, -0.25) is 0 Å². The fraction of sp³-hybridized carbons (Fsp3) is 0.684. The lowest BCUT2D eigenvalue weighted by Crippen LogP contribution is -2.40. The van der Waals surface area contributed by atoms with Crippen LogP contribution in [0.4, 0.5) is 0 Å². The van der Waals surface area contributed by atoms with E-state index in [1.807, 2.05) is 0 Å². The van der Waals surface area contributed by atoms with Crippen LogP contribution in [0.1, 0.15) is 50.6 Å². The number of piperidine rings is 1. The first-order valence-electron chi connectivity index (χ1n) is 8.39. The summed E-state index contributed by atoms with van der Waals surface area (Å²) in [4.78, 5) is 2.54. The maximum Gasteiger partial charge on any atom is 0.0712 e. The van der Waals surface area contributed by atoms with Gasteiger partial charge in [-0.1, -0.05) is 52.0 Å². The summed E-state index contributed by atoms with van der Waals surface area (Å²) in [5.41, 5.74) is 2.67. The number of likely N-dealkylation sites (tertiary alicyclic amines) is 1. The molecule has 3 atom stereocenters. The number of nitrogens with zero attached hydrogens (tertiary/aromatic N) is 1. The molecule has 0 N–H and O–H groups in total. The van der Waals surface area contributed by atoms with Crippen molar-refractivity contribution in [2.45, 2.75) is 45.9 Å². The van der Waals surface area contributed by atoms with Crippen LogP contribution in [-0.2, 0) is 6.42 Å². The Hall–Kier alpha value is -0.530. The van der Waals surface area contributed by atoms with Gasteiger partial charge >= 0.3 is 0 Å². The van der Waals surface area contributed by atoms with E-state index in [-0.39, 0.29) is 5.38 Å². The van der Waals surface area contributed by atoms with Crippen LogP contribution in [0.25, 0.3) is 0 Å². The lowest BCUT2D eigenvalue weighted by molar-refractivity contribution is 0.141. The van der Waals surface area contributed by atoms with Gasteiger partial charge in [0.2, 0.25) is 0 Å². The van der Waals surface area contributed by atoms with Crippen LogP contribution in [0.5, 0.6) is 0 Å². The minimum atomic E-state index is 0.107. The molecule has 2 heteroatoms. The minimum absolute atomic E-state index is 0.107. The highest BCUT2D eigenvalue weighted by Crippen LogP contribution is 2.27. The number of halogens is 1. The first kappa shape index (κ1) is 16.8. The van der Waals surface area contributed by atoms with Crippen molar-refractivity contribution in [1.82, 2.24) is 4.90 Å². The van der Waals surface area contributed by atoms with Crippen molar-refractivity contribution >= 4 is 11.6 Å². The molecule has 0 spiro atoms. The molecule has 1 fully saturated rings. The third-order valence-corrected chi connectivity index (χ3v) is 4.74. The summed E-state index contributed by atoms with van der Waals surface area (Å²) < 4.78 is 0. The molecule has 2 rings (SSSR count). The van der Waals surface area contributed by atoms with Gasteiger partial charge in [-0.2, -0.15) is 0 Å². The average Bonchev–Trinajstić information content (AvgIpc) is 2.37. The lowest BCUT2D eigenvalue weighted by Gasteiger charge is -2.36. The summed E-state index contributed by atoms with van der Waals surface area (Å²) in [7, 11) is 0. The van der Waals surface area contributed by atoms with Crippen molar-refractivity contribution in [3.8, 4) is 0 Å². The van der Waals surface area contributed by atoms with Crippen LogP contribution < -0.4 is 0 Å². The van der Waals surface area contributed by atoms with E-state index in [1.165, 1.54) is 30.6 Å². The lowest BCUT2D eigenvalue weighted by atomic mass is 9.91. The Kier molecular flexibility index (Phi) is 6.13. The Morgan fingerprint density at radius 3 is 2.19 bits per heavy atom. The van der Waals surface area contributed by atoms with Crippen LogP contribution in [0.15, 0.2) is 24.3 Å². The van der Waals surface area contributed by atoms with Crippen molar-refractivity contribution in [2.24, 2.45) is 17.8 Å². The smallest absolute Gasteiger partial charge is 0.0712 e. The molecule has 0 radical (unpaired) electrons. The number of hydrogen-bond donors (Lipinski definition) is 0. The number of rotatable bonds is 5. The number of alkyl halides is 1. The van der Waals surface area contributed by atoms with E-state index in [4.69, 9.17) is 11.6 Å². The molecule has 1 aliphatic rings. The summed E-state index contributed by atoms with van der Waals surface area (Å²) >= 11 is 6.65. The summed E-state index contributed by atoms with van der Waals surface area (Å²) in [6, 6.07) is 8.91. The molecule has 0 bridgehead atoms. The zero-order valence-corrected chi connectivity index (χ0v) is 14.7. The Labute approximate surface area is 135 Å². The fourth-order valence-corrected chi connectivity index (χ4v) is 3.95. The summed E-state index contributed by atoms with van der Waals surface area (Å²) in [6.45, 7) is 12.6. The van der Waals surface area contributed by atoms with Crippen molar-refractivity contribution in [1.29, 1.82) is 0 Å². The second-order valence-electron chi connectivity index (χ2n) is 7.47. The van der Waals surface area contributed by atoms with Crippen molar-refractivity contribution in [3.05, 3.63) is 35.4 Å². The Balaban J connectivity index is 1.92. The second-order valence-corrected chi connectivity index (χ2v) is 8.00. The highest BCUT2D eigenvalue weighted by atomic mass is 35.5. The van der Waals surface area contributed by atoms with E-state index in [9.17, 15) is 0 Å². The van der Waals surface area contributed by atoms with E-state index in [2.05, 4.69) is 56.9 Å². The Morgan fingerprint density at radius 2 is 1.67 bits per heavy atom. The molecule has 0 aromatic heterocycles. The molecule has 1 aliphatic heterocycles. The van der Waals surface area contributed by atoms with Crippen molar-refractivity contribution in [2.75, 3.05) is 19.6 Å². The maximum atomic E-state index is 6.65. The highest BCUT2D eigenvalue weighted by Gasteiger charge is 2.23. The second kappa shape index (κ2) is 7.65. The third kappa shape index (κ3) is 5.30. The third-order valence-electron chi connectivity index (χ3n) is 4.35.